The molecular formula is C13H24N4O2. The largest absolute Gasteiger partial charge is 0.395 e. The lowest BCUT2D eigenvalue weighted by atomic mass is 10.2. The third-order valence-corrected chi connectivity index (χ3v) is 3.66. The molecule has 0 aliphatic carbocycles. The highest BCUT2D eigenvalue weighted by atomic mass is 16.3. The van der Waals surface area contributed by atoms with Crippen LogP contribution in [-0.4, -0.2) is 84.7 Å². The number of β-amino-alcohol motifs (C(OH)–C–C–N with tert-alkyl or cyclic N) is 1. The third kappa shape index (κ3) is 4.78. The molecule has 0 aromatic rings. The number of likely N-dealkylation sites (N-methyl/N-ethyl adjacent to an activating group) is 1. The number of nitrogens with zero attached hydrogens (tertiary/aromatic N) is 4. The van der Waals surface area contributed by atoms with Crippen molar-refractivity contribution < 1.29 is 9.90 Å². The molecule has 1 rings (SSSR count). The van der Waals surface area contributed by atoms with E-state index in [0.717, 1.165) is 26.2 Å². The van der Waals surface area contributed by atoms with Crippen molar-refractivity contribution in [1.29, 1.82) is 5.26 Å². The number of rotatable bonds is 6. The van der Waals surface area contributed by atoms with Gasteiger partial charge in [-0.25, -0.2) is 0 Å². The Balaban J connectivity index is 2.39. The fourth-order valence-corrected chi connectivity index (χ4v) is 2.32. The Morgan fingerprint density at radius 1 is 1.42 bits per heavy atom. The monoisotopic (exact) mass is 268 g/mol. The smallest absolute Gasteiger partial charge is 0.239 e. The first-order chi connectivity index (χ1) is 9.10. The molecule has 6 heteroatoms. The zero-order valence-corrected chi connectivity index (χ0v) is 11.9. The molecule has 1 amide bonds. The van der Waals surface area contributed by atoms with E-state index in [1.807, 2.05) is 6.92 Å². The molecule has 1 aliphatic rings. The number of carbonyl (C=O) groups is 1. The van der Waals surface area contributed by atoms with Crippen LogP contribution < -0.4 is 0 Å². The van der Waals surface area contributed by atoms with Crippen LogP contribution >= 0.6 is 0 Å². The van der Waals surface area contributed by atoms with Crippen LogP contribution in [0.5, 0.6) is 0 Å². The van der Waals surface area contributed by atoms with Crippen LogP contribution in [0.1, 0.15) is 13.3 Å². The van der Waals surface area contributed by atoms with E-state index >= 15 is 0 Å². The molecule has 19 heavy (non-hydrogen) atoms. The van der Waals surface area contributed by atoms with Crippen molar-refractivity contribution >= 4 is 5.91 Å². The number of hydrogen-bond acceptors (Lipinski definition) is 5. The van der Waals surface area contributed by atoms with E-state index in [1.54, 1.807) is 11.9 Å². The molecule has 1 N–H and O–H groups in total. The van der Waals surface area contributed by atoms with Gasteiger partial charge in [-0.1, -0.05) is 0 Å². The maximum absolute atomic E-state index is 12.2. The van der Waals surface area contributed by atoms with Crippen LogP contribution in [0, 0.1) is 11.3 Å². The van der Waals surface area contributed by atoms with Gasteiger partial charge in [0, 0.05) is 46.3 Å². The van der Waals surface area contributed by atoms with E-state index in [2.05, 4.69) is 15.9 Å². The van der Waals surface area contributed by atoms with Crippen molar-refractivity contribution in [2.24, 2.45) is 0 Å². The van der Waals surface area contributed by atoms with Crippen molar-refractivity contribution in [2.45, 2.75) is 19.4 Å². The van der Waals surface area contributed by atoms with Gasteiger partial charge in [-0.3, -0.25) is 14.6 Å². The highest BCUT2D eigenvalue weighted by molar-refractivity contribution is 5.81. The zero-order valence-electron chi connectivity index (χ0n) is 11.9. The predicted molar refractivity (Wildman–Crippen MR) is 72.4 cm³/mol. The summed E-state index contributed by atoms with van der Waals surface area (Å²) in [5, 5.41) is 17.4. The number of amides is 1. The minimum Gasteiger partial charge on any atom is -0.395 e. The number of piperazine rings is 1. The minimum absolute atomic E-state index is 0.0749. The maximum Gasteiger partial charge on any atom is 0.239 e. The Kier molecular flexibility index (Phi) is 6.78. The lowest BCUT2D eigenvalue weighted by molar-refractivity contribution is -0.135. The molecule has 1 aliphatic heterocycles. The Morgan fingerprint density at radius 2 is 2.05 bits per heavy atom. The third-order valence-electron chi connectivity index (χ3n) is 3.66. The first kappa shape index (κ1) is 15.9. The zero-order chi connectivity index (χ0) is 14.3. The van der Waals surface area contributed by atoms with E-state index < -0.39 is 0 Å². The number of hydrogen-bond donors (Lipinski definition) is 1. The van der Waals surface area contributed by atoms with Gasteiger partial charge in [0.05, 0.1) is 25.1 Å². The van der Waals surface area contributed by atoms with Crippen molar-refractivity contribution in [3.05, 3.63) is 0 Å². The molecular weight excluding hydrogens is 244 g/mol. The number of aliphatic hydroxyl groups excluding tert-OH is 1. The normalized spacial score (nSPS) is 18.8. The molecule has 0 bridgehead atoms. The number of aliphatic hydroxyl groups is 1. The van der Waals surface area contributed by atoms with Gasteiger partial charge in [-0.05, 0) is 6.92 Å². The standard InChI is InChI=1S/C13H24N4O2/c1-12(13(19)15(2)5-3-4-14)17-8-6-16(7-9-17)10-11-18/h12,18H,3,5-11H2,1-2H3. The van der Waals surface area contributed by atoms with Crippen LogP contribution in [0.2, 0.25) is 0 Å². The fraction of sp³-hybridized carbons (Fsp3) is 0.846. The average Bonchev–Trinajstić information content (AvgIpc) is 2.44. The summed E-state index contributed by atoms with van der Waals surface area (Å²) in [6.07, 6.45) is 0.374. The van der Waals surface area contributed by atoms with E-state index in [9.17, 15) is 4.79 Å². The van der Waals surface area contributed by atoms with Gasteiger partial charge in [-0.15, -0.1) is 0 Å². The quantitative estimate of drug-likeness (QED) is 0.693. The van der Waals surface area contributed by atoms with Gasteiger partial charge in [-0.2, -0.15) is 5.26 Å². The summed E-state index contributed by atoms with van der Waals surface area (Å²) in [6.45, 7) is 6.78. The second-order valence-corrected chi connectivity index (χ2v) is 4.95. The lowest BCUT2D eigenvalue weighted by Crippen LogP contribution is -2.54. The van der Waals surface area contributed by atoms with E-state index in [0.29, 0.717) is 19.5 Å². The first-order valence-electron chi connectivity index (χ1n) is 6.79. The van der Waals surface area contributed by atoms with Crippen LogP contribution in [0.4, 0.5) is 0 Å². The van der Waals surface area contributed by atoms with Crippen molar-refractivity contribution in [3.8, 4) is 6.07 Å². The summed E-state index contributed by atoms with van der Waals surface area (Å²) in [5.74, 6) is 0.0749. The second kappa shape index (κ2) is 8.10. The minimum atomic E-state index is -0.139. The Morgan fingerprint density at radius 3 is 2.58 bits per heavy atom. The van der Waals surface area contributed by atoms with Crippen LogP contribution in [-0.2, 0) is 4.79 Å². The second-order valence-electron chi connectivity index (χ2n) is 4.95. The number of nitriles is 1. The summed E-state index contributed by atoms with van der Waals surface area (Å²) in [5.41, 5.74) is 0. The van der Waals surface area contributed by atoms with Crippen molar-refractivity contribution in [3.63, 3.8) is 0 Å². The highest BCUT2D eigenvalue weighted by Gasteiger charge is 2.26. The topological polar surface area (TPSA) is 70.8 Å². The van der Waals surface area contributed by atoms with E-state index in [4.69, 9.17) is 10.4 Å². The summed E-state index contributed by atoms with van der Waals surface area (Å²) in [4.78, 5) is 18.2. The SMILES string of the molecule is CC(C(=O)N(C)CCC#N)N1CCN(CCO)CC1. The molecule has 1 atom stereocenters. The van der Waals surface area contributed by atoms with Gasteiger partial charge >= 0.3 is 0 Å². The van der Waals surface area contributed by atoms with Gasteiger partial charge < -0.3 is 10.0 Å². The maximum atomic E-state index is 12.2. The summed E-state index contributed by atoms with van der Waals surface area (Å²) >= 11 is 0. The first-order valence-corrected chi connectivity index (χ1v) is 6.79. The van der Waals surface area contributed by atoms with Crippen LogP contribution in [0.25, 0.3) is 0 Å². The molecule has 1 unspecified atom stereocenters. The van der Waals surface area contributed by atoms with E-state index in [1.165, 1.54) is 0 Å². The van der Waals surface area contributed by atoms with E-state index in [-0.39, 0.29) is 18.6 Å². The van der Waals surface area contributed by atoms with Crippen molar-refractivity contribution in [1.82, 2.24) is 14.7 Å². The molecule has 1 fully saturated rings. The van der Waals surface area contributed by atoms with Gasteiger partial charge in [0.2, 0.25) is 5.91 Å². The fourth-order valence-electron chi connectivity index (χ4n) is 2.32. The predicted octanol–water partition coefficient (Wildman–Crippen LogP) is -0.643. The molecule has 1 saturated heterocycles. The van der Waals surface area contributed by atoms with Gasteiger partial charge in [0.25, 0.3) is 0 Å². The van der Waals surface area contributed by atoms with Crippen LogP contribution in [0.15, 0.2) is 0 Å². The summed E-state index contributed by atoms with van der Waals surface area (Å²) in [6, 6.07) is 1.92. The van der Waals surface area contributed by atoms with Gasteiger partial charge in [0.15, 0.2) is 0 Å². The molecule has 6 nitrogen and oxygen atoms in total. The highest BCUT2D eigenvalue weighted by Crippen LogP contribution is 2.08. The lowest BCUT2D eigenvalue weighted by Gasteiger charge is -2.38. The molecule has 108 valence electrons. The Bertz CT molecular complexity index is 321. The molecule has 0 radical (unpaired) electrons. The molecule has 0 saturated carbocycles. The number of carbonyl (C=O) groups excluding carboxylic acids is 1. The summed E-state index contributed by atoms with van der Waals surface area (Å²) in [7, 11) is 1.75. The Hall–Kier alpha value is -1.16. The van der Waals surface area contributed by atoms with Crippen LogP contribution in [0.3, 0.4) is 0 Å². The molecule has 0 aromatic carbocycles. The van der Waals surface area contributed by atoms with Crippen molar-refractivity contribution in [2.75, 3.05) is 52.9 Å². The molecule has 0 aromatic heterocycles. The van der Waals surface area contributed by atoms with Gasteiger partial charge in [0.1, 0.15) is 0 Å². The molecule has 1 heterocycles. The Labute approximate surface area is 115 Å². The summed E-state index contributed by atoms with van der Waals surface area (Å²) < 4.78 is 0. The molecule has 0 spiro atoms. The average molecular weight is 268 g/mol.